The van der Waals surface area contributed by atoms with Crippen LogP contribution in [0.2, 0.25) is 0 Å². The molecule has 13 nitrogen and oxygen atoms in total. The Morgan fingerprint density at radius 1 is 1.30 bits per heavy atom. The van der Waals surface area contributed by atoms with E-state index in [4.69, 9.17) is 24.3 Å². The number of nitrogens with two attached hydrogens (primary N) is 1. The molecule has 1 aliphatic rings. The first kappa shape index (κ1) is 29.7. The monoisotopic (exact) mass is 582 g/mol. The van der Waals surface area contributed by atoms with Crippen LogP contribution in [0.15, 0.2) is 47.4 Å². The zero-order chi connectivity index (χ0) is 29.2. The number of hydrogen-bond donors (Lipinski definition) is 4. The third kappa shape index (κ3) is 6.06. The van der Waals surface area contributed by atoms with Crippen LogP contribution < -0.4 is 15.8 Å². The number of alkyl halides is 1. The van der Waals surface area contributed by atoms with Crippen LogP contribution in [0.25, 0.3) is 11.0 Å². The minimum atomic E-state index is -4.10. The number of hydrogen-bond acceptors (Lipinski definition) is 11. The average Bonchev–Trinajstić information content (AvgIpc) is 3.42. The van der Waals surface area contributed by atoms with Crippen LogP contribution in [-0.4, -0.2) is 74.1 Å². The van der Waals surface area contributed by atoms with E-state index in [9.17, 15) is 28.8 Å². The number of benzene rings is 1. The Morgan fingerprint density at radius 3 is 2.65 bits per heavy atom. The van der Waals surface area contributed by atoms with Crippen molar-refractivity contribution in [2.45, 2.75) is 50.9 Å². The van der Waals surface area contributed by atoms with Crippen molar-refractivity contribution >= 4 is 30.5 Å². The molecule has 0 radical (unpaired) electrons. The van der Waals surface area contributed by atoms with E-state index in [2.05, 4.69) is 9.97 Å². The molecule has 40 heavy (non-hydrogen) atoms. The molecule has 0 spiro atoms. The Balaban J connectivity index is 1.58. The summed E-state index contributed by atoms with van der Waals surface area (Å²) >= 11 is 0. The number of H-pyrrole nitrogens is 1. The molecule has 3 aromatic rings. The molecule has 0 bridgehead atoms. The third-order valence-corrected chi connectivity index (χ3v) is 8.36. The molecule has 1 saturated heterocycles. The number of ether oxygens (including phenoxy) is 2. The normalized spacial score (nSPS) is 25.1. The minimum Gasteiger partial charge on any atom is -0.463 e. The van der Waals surface area contributed by atoms with E-state index in [1.54, 1.807) is 44.2 Å². The number of rotatable bonds is 11. The van der Waals surface area contributed by atoms with E-state index >= 15 is 0 Å². The molecular formula is C25H32FN4O9P. The number of carbonyl (C=O) groups is 1. The summed E-state index contributed by atoms with van der Waals surface area (Å²) in [7, 11) is -4.10. The van der Waals surface area contributed by atoms with Crippen LogP contribution in [-0.2, 0) is 23.4 Å². The fraction of sp³-hybridized carbons (Fsp3) is 0.480. The first-order chi connectivity index (χ1) is 18.9. The lowest BCUT2D eigenvalue weighted by atomic mass is 9.95. The maximum absolute atomic E-state index is 14.2. The van der Waals surface area contributed by atoms with Gasteiger partial charge < -0.3 is 34.5 Å². The summed E-state index contributed by atoms with van der Waals surface area (Å²) in [6.45, 7) is 2.81. The lowest BCUT2D eigenvalue weighted by Gasteiger charge is -2.29. The highest BCUT2D eigenvalue weighted by Crippen LogP contribution is 2.51. The molecule has 3 heterocycles. The standard InChI is InChI=1S/C25H32FN4O9P/c1-14(2)37-22(33)15(3)12-40(35,39-16-7-5-4-6-8-16)36-11-18-19(31)25(34,13-26)23(38-18)30-10-9-17-20(30)28-24(27)29-21(17)32/h4-10,14-15,18-19,23,31,34H,11-13H2,1-3H3,(H3,27,28,29,32)/t15-,18-,19+,23-,25?,40-/m1/s1. The highest BCUT2D eigenvalue weighted by Gasteiger charge is 2.57. The number of aromatic amines is 1. The predicted molar refractivity (Wildman–Crippen MR) is 141 cm³/mol. The van der Waals surface area contributed by atoms with Crippen molar-refractivity contribution < 1.29 is 42.5 Å². The molecular weight excluding hydrogens is 550 g/mol. The number of nitrogen functional groups attached to an aromatic ring is 1. The number of anilines is 1. The number of para-hydroxylation sites is 1. The summed E-state index contributed by atoms with van der Waals surface area (Å²) in [5.74, 6) is -1.51. The van der Waals surface area contributed by atoms with Gasteiger partial charge in [-0.2, -0.15) is 4.98 Å². The van der Waals surface area contributed by atoms with Crippen molar-refractivity contribution in [1.29, 1.82) is 0 Å². The van der Waals surface area contributed by atoms with Crippen molar-refractivity contribution in [3.8, 4) is 5.75 Å². The lowest BCUT2D eigenvalue weighted by molar-refractivity contribution is -0.151. The van der Waals surface area contributed by atoms with Crippen LogP contribution in [0.3, 0.4) is 0 Å². The van der Waals surface area contributed by atoms with Crippen molar-refractivity contribution in [3.63, 3.8) is 0 Å². The molecule has 0 saturated carbocycles. The zero-order valence-electron chi connectivity index (χ0n) is 22.1. The number of esters is 1. The SMILES string of the molecule is CC(C)OC(=O)[C@H](C)C[P@@](=O)(OC[C@H]1O[C@@H](n2ccc3c(=O)[nH]c(N)nc32)C(O)(CF)[C@H]1O)Oc1ccccc1. The molecule has 1 unspecified atom stereocenters. The van der Waals surface area contributed by atoms with Gasteiger partial charge in [0, 0.05) is 6.20 Å². The largest absolute Gasteiger partial charge is 0.463 e. The van der Waals surface area contributed by atoms with Gasteiger partial charge in [-0.1, -0.05) is 25.1 Å². The van der Waals surface area contributed by atoms with E-state index in [-0.39, 0.29) is 28.9 Å². The second kappa shape index (κ2) is 11.7. The molecule has 1 fully saturated rings. The summed E-state index contributed by atoms with van der Waals surface area (Å²) < 4.78 is 51.6. The maximum Gasteiger partial charge on any atom is 0.380 e. The second-order valence-corrected chi connectivity index (χ2v) is 11.9. The zero-order valence-corrected chi connectivity index (χ0v) is 23.0. The molecule has 15 heteroatoms. The number of fused-ring (bicyclic) bond motifs is 1. The van der Waals surface area contributed by atoms with Crippen molar-refractivity contribution in [1.82, 2.24) is 14.5 Å². The van der Waals surface area contributed by atoms with Crippen molar-refractivity contribution in [3.05, 3.63) is 52.9 Å². The number of carbonyl (C=O) groups excluding carboxylic acids is 1. The maximum atomic E-state index is 14.2. The van der Waals surface area contributed by atoms with Gasteiger partial charge in [-0.05, 0) is 32.0 Å². The highest BCUT2D eigenvalue weighted by molar-refractivity contribution is 7.54. The van der Waals surface area contributed by atoms with E-state index in [0.29, 0.717) is 0 Å². The van der Waals surface area contributed by atoms with Gasteiger partial charge in [0.15, 0.2) is 17.5 Å². The lowest BCUT2D eigenvalue weighted by Crippen LogP contribution is -2.49. The van der Waals surface area contributed by atoms with E-state index in [1.165, 1.54) is 23.8 Å². The number of nitrogens with one attached hydrogen (secondary N) is 1. The Kier molecular flexibility index (Phi) is 8.66. The van der Waals surface area contributed by atoms with Gasteiger partial charge in [-0.15, -0.1) is 0 Å². The van der Waals surface area contributed by atoms with Gasteiger partial charge in [0.25, 0.3) is 5.56 Å². The fourth-order valence-electron chi connectivity index (χ4n) is 4.36. The summed E-state index contributed by atoms with van der Waals surface area (Å²) in [6.07, 6.45) is -4.24. The molecule has 1 aromatic carbocycles. The predicted octanol–water partition coefficient (Wildman–Crippen LogP) is 2.14. The van der Waals surface area contributed by atoms with Crippen LogP contribution >= 0.6 is 7.60 Å². The van der Waals surface area contributed by atoms with E-state index in [0.717, 1.165) is 0 Å². The van der Waals surface area contributed by atoms with Gasteiger partial charge in [0.05, 0.1) is 30.2 Å². The van der Waals surface area contributed by atoms with E-state index in [1.807, 2.05) is 0 Å². The molecule has 0 aliphatic carbocycles. The van der Waals surface area contributed by atoms with Gasteiger partial charge in [0.1, 0.15) is 24.6 Å². The number of aromatic nitrogens is 3. The Hall–Kier alpha value is -3.29. The molecule has 6 atom stereocenters. The average molecular weight is 583 g/mol. The molecule has 2 aromatic heterocycles. The smallest absolute Gasteiger partial charge is 0.380 e. The van der Waals surface area contributed by atoms with Crippen molar-refractivity contribution in [2.75, 3.05) is 25.2 Å². The number of aliphatic hydroxyl groups excluding tert-OH is 1. The summed E-state index contributed by atoms with van der Waals surface area (Å²) in [4.78, 5) is 31.0. The van der Waals surface area contributed by atoms with Gasteiger partial charge in [-0.3, -0.25) is 19.1 Å². The minimum absolute atomic E-state index is 0.0116. The topological polar surface area (TPSA) is 188 Å². The summed E-state index contributed by atoms with van der Waals surface area (Å²) in [6, 6.07) is 9.49. The van der Waals surface area contributed by atoms with Gasteiger partial charge >= 0.3 is 13.6 Å². The van der Waals surface area contributed by atoms with Crippen molar-refractivity contribution in [2.24, 2.45) is 5.92 Å². The van der Waals surface area contributed by atoms with E-state index < -0.39 is 68.5 Å². The van der Waals surface area contributed by atoms with Crippen LogP contribution in [0, 0.1) is 5.92 Å². The molecule has 0 amide bonds. The molecule has 4 rings (SSSR count). The molecule has 218 valence electrons. The Labute approximate surface area is 228 Å². The van der Waals surface area contributed by atoms with Crippen LogP contribution in [0.5, 0.6) is 5.75 Å². The van der Waals surface area contributed by atoms with Gasteiger partial charge in [-0.25, -0.2) is 8.96 Å². The second-order valence-electron chi connectivity index (χ2n) is 9.89. The Morgan fingerprint density at radius 2 is 2.00 bits per heavy atom. The molecule has 1 aliphatic heterocycles. The quantitative estimate of drug-likeness (QED) is 0.192. The van der Waals surface area contributed by atoms with Crippen LogP contribution in [0.1, 0.15) is 27.0 Å². The number of aliphatic hydroxyl groups is 2. The number of halogens is 1. The Bertz CT molecular complexity index is 1450. The fourth-order valence-corrected chi connectivity index (χ4v) is 6.23. The first-order valence-electron chi connectivity index (χ1n) is 12.5. The summed E-state index contributed by atoms with van der Waals surface area (Å²) in [5.41, 5.74) is 2.59. The van der Waals surface area contributed by atoms with Crippen LogP contribution in [0.4, 0.5) is 10.3 Å². The molecule has 5 N–H and O–H groups in total. The van der Waals surface area contributed by atoms with Gasteiger partial charge in [0.2, 0.25) is 5.95 Å². The summed E-state index contributed by atoms with van der Waals surface area (Å²) in [5, 5.41) is 22.1. The third-order valence-electron chi connectivity index (χ3n) is 6.34. The number of nitrogens with zero attached hydrogens (tertiary/aromatic N) is 2. The first-order valence-corrected chi connectivity index (χ1v) is 14.3. The highest BCUT2D eigenvalue weighted by atomic mass is 31.2.